The predicted octanol–water partition coefficient (Wildman–Crippen LogP) is 1.01. The molecule has 4 heteroatoms. The van der Waals surface area contributed by atoms with Crippen LogP contribution in [0.15, 0.2) is 18.2 Å². The summed E-state index contributed by atoms with van der Waals surface area (Å²) in [5.41, 5.74) is 2.47. The van der Waals surface area contributed by atoms with Gasteiger partial charge in [0.1, 0.15) is 5.75 Å². The van der Waals surface area contributed by atoms with Crippen molar-refractivity contribution in [2.24, 2.45) is 0 Å². The number of nitrogens with one attached hydrogen (secondary N) is 2. The molecule has 0 spiro atoms. The zero-order valence-electron chi connectivity index (χ0n) is 7.96. The van der Waals surface area contributed by atoms with Crippen molar-refractivity contribution in [3.8, 4) is 5.75 Å². The average Bonchev–Trinajstić information content (AvgIpc) is 2.64. The summed E-state index contributed by atoms with van der Waals surface area (Å²) < 4.78 is 5.01. The quantitative estimate of drug-likeness (QED) is 0.698. The van der Waals surface area contributed by atoms with Crippen molar-refractivity contribution in [3.63, 3.8) is 0 Å². The van der Waals surface area contributed by atoms with E-state index in [4.69, 9.17) is 4.74 Å². The number of carbonyl (C=O) groups excluding carboxylic acids is 1. The van der Waals surface area contributed by atoms with Gasteiger partial charge in [0.05, 0.1) is 0 Å². The Morgan fingerprint density at radius 2 is 2.21 bits per heavy atom. The summed E-state index contributed by atoms with van der Waals surface area (Å²) in [6.45, 7) is 1.75. The van der Waals surface area contributed by atoms with E-state index in [-0.39, 0.29) is 0 Å². The van der Waals surface area contributed by atoms with Gasteiger partial charge in [-0.1, -0.05) is 6.07 Å². The van der Waals surface area contributed by atoms with Crippen LogP contribution >= 0.6 is 0 Å². The fourth-order valence-corrected chi connectivity index (χ4v) is 1.49. The zero-order valence-corrected chi connectivity index (χ0v) is 7.96. The highest BCUT2D eigenvalue weighted by Crippen LogP contribution is 2.21. The molecular formula is C10H12N2O2. The lowest BCUT2D eigenvalue weighted by Gasteiger charge is -2.04. The van der Waals surface area contributed by atoms with Gasteiger partial charge in [-0.25, -0.2) is 4.79 Å². The normalized spacial score (nSPS) is 13.5. The number of carbonyl (C=O) groups is 1. The fourth-order valence-electron chi connectivity index (χ4n) is 1.49. The molecule has 74 valence electrons. The van der Waals surface area contributed by atoms with E-state index in [1.165, 1.54) is 18.2 Å². The smallest absolute Gasteiger partial charge is 0.410 e. The minimum atomic E-state index is -0.434. The fraction of sp³-hybridized carbons (Fsp3) is 0.300. The third kappa shape index (κ3) is 1.70. The van der Waals surface area contributed by atoms with Gasteiger partial charge in [-0.3, -0.25) is 0 Å². The average molecular weight is 192 g/mol. The van der Waals surface area contributed by atoms with Gasteiger partial charge >= 0.3 is 6.09 Å². The third-order valence-electron chi connectivity index (χ3n) is 2.22. The summed E-state index contributed by atoms with van der Waals surface area (Å²) in [5, 5.41) is 5.63. The first-order valence-electron chi connectivity index (χ1n) is 4.51. The van der Waals surface area contributed by atoms with Gasteiger partial charge in [0.25, 0.3) is 0 Å². The highest BCUT2D eigenvalue weighted by Gasteiger charge is 2.11. The van der Waals surface area contributed by atoms with Crippen molar-refractivity contribution in [2.45, 2.75) is 13.1 Å². The molecule has 0 aliphatic carbocycles. The van der Waals surface area contributed by atoms with E-state index < -0.39 is 6.09 Å². The lowest BCUT2D eigenvalue weighted by molar-refractivity contribution is 0.203. The molecule has 0 fully saturated rings. The third-order valence-corrected chi connectivity index (χ3v) is 2.22. The summed E-state index contributed by atoms with van der Waals surface area (Å²) in [4.78, 5) is 10.9. The van der Waals surface area contributed by atoms with Crippen LogP contribution in [0.3, 0.4) is 0 Å². The topological polar surface area (TPSA) is 50.4 Å². The number of amides is 1. The Morgan fingerprint density at radius 1 is 1.43 bits per heavy atom. The Bertz CT molecular complexity index is 363. The minimum Gasteiger partial charge on any atom is -0.410 e. The molecule has 1 aromatic rings. The van der Waals surface area contributed by atoms with Crippen LogP contribution in [-0.2, 0) is 13.1 Å². The Hall–Kier alpha value is -1.55. The number of fused-ring (bicyclic) bond motifs is 1. The van der Waals surface area contributed by atoms with Crippen molar-refractivity contribution in [2.75, 3.05) is 7.05 Å². The van der Waals surface area contributed by atoms with Gasteiger partial charge in [0.2, 0.25) is 0 Å². The van der Waals surface area contributed by atoms with Crippen LogP contribution in [0.4, 0.5) is 4.79 Å². The lowest BCUT2D eigenvalue weighted by Crippen LogP contribution is -2.22. The van der Waals surface area contributed by atoms with Crippen molar-refractivity contribution in [3.05, 3.63) is 29.3 Å². The maximum absolute atomic E-state index is 10.9. The molecule has 0 saturated heterocycles. The highest BCUT2D eigenvalue weighted by atomic mass is 16.5. The molecule has 0 atom stereocenters. The first kappa shape index (κ1) is 9.02. The van der Waals surface area contributed by atoms with Crippen LogP contribution in [0, 0.1) is 0 Å². The van der Waals surface area contributed by atoms with E-state index in [1.807, 2.05) is 12.1 Å². The number of hydrogen-bond donors (Lipinski definition) is 2. The molecule has 1 aliphatic rings. The van der Waals surface area contributed by atoms with Gasteiger partial charge < -0.3 is 15.4 Å². The lowest BCUT2D eigenvalue weighted by atomic mass is 10.1. The van der Waals surface area contributed by atoms with Crippen molar-refractivity contribution in [1.82, 2.24) is 10.6 Å². The van der Waals surface area contributed by atoms with Crippen LogP contribution in [0.1, 0.15) is 11.1 Å². The van der Waals surface area contributed by atoms with E-state index in [1.54, 1.807) is 6.07 Å². The molecule has 0 unspecified atom stereocenters. The van der Waals surface area contributed by atoms with E-state index in [9.17, 15) is 4.79 Å². The van der Waals surface area contributed by atoms with Gasteiger partial charge in [0.15, 0.2) is 0 Å². The molecule has 4 nitrogen and oxygen atoms in total. The maximum Gasteiger partial charge on any atom is 0.412 e. The van der Waals surface area contributed by atoms with Crippen molar-refractivity contribution in [1.29, 1.82) is 0 Å². The van der Waals surface area contributed by atoms with Gasteiger partial charge in [-0.2, -0.15) is 0 Å². The zero-order chi connectivity index (χ0) is 9.97. The summed E-state index contributed by atoms with van der Waals surface area (Å²) >= 11 is 0. The minimum absolute atomic E-state index is 0.434. The Kier molecular flexibility index (Phi) is 2.37. The molecule has 0 saturated carbocycles. The number of rotatable bonds is 1. The standard InChI is InChI=1S/C10H12N2O2/c1-11-10(13)14-9-3-2-7-5-12-6-8(7)4-9/h2-4,12H,5-6H2,1H3,(H,11,13). The second kappa shape index (κ2) is 3.67. The predicted molar refractivity (Wildman–Crippen MR) is 52.1 cm³/mol. The molecule has 1 aromatic carbocycles. The van der Waals surface area contributed by atoms with Crippen molar-refractivity contribution < 1.29 is 9.53 Å². The first-order valence-corrected chi connectivity index (χ1v) is 4.51. The van der Waals surface area contributed by atoms with Crippen LogP contribution in [0.25, 0.3) is 0 Å². The van der Waals surface area contributed by atoms with Gasteiger partial charge in [-0.15, -0.1) is 0 Å². The SMILES string of the molecule is CNC(=O)Oc1ccc2c(c1)CNC2. The Balaban J connectivity index is 2.16. The van der Waals surface area contributed by atoms with E-state index >= 15 is 0 Å². The first-order chi connectivity index (χ1) is 6.79. The molecule has 14 heavy (non-hydrogen) atoms. The molecule has 0 bridgehead atoms. The second-order valence-corrected chi connectivity index (χ2v) is 3.17. The number of hydrogen-bond acceptors (Lipinski definition) is 3. The van der Waals surface area contributed by atoms with Crippen molar-refractivity contribution >= 4 is 6.09 Å². The summed E-state index contributed by atoms with van der Waals surface area (Å²) in [6.07, 6.45) is -0.434. The molecule has 1 amide bonds. The second-order valence-electron chi connectivity index (χ2n) is 3.17. The van der Waals surface area contributed by atoms with Crippen LogP contribution in [0.5, 0.6) is 5.75 Å². The monoisotopic (exact) mass is 192 g/mol. The van der Waals surface area contributed by atoms with Crippen LogP contribution in [0.2, 0.25) is 0 Å². The summed E-state index contributed by atoms with van der Waals surface area (Å²) in [7, 11) is 1.54. The highest BCUT2D eigenvalue weighted by molar-refractivity contribution is 5.70. The van der Waals surface area contributed by atoms with E-state index in [0.29, 0.717) is 5.75 Å². The molecule has 0 aromatic heterocycles. The Morgan fingerprint density at radius 3 is 3.00 bits per heavy atom. The van der Waals surface area contributed by atoms with Crippen LogP contribution < -0.4 is 15.4 Å². The largest absolute Gasteiger partial charge is 0.412 e. The van der Waals surface area contributed by atoms with E-state index in [2.05, 4.69) is 10.6 Å². The Labute approximate surface area is 82.3 Å². The van der Waals surface area contributed by atoms with E-state index in [0.717, 1.165) is 13.1 Å². The molecule has 2 rings (SSSR count). The molecule has 0 radical (unpaired) electrons. The number of benzene rings is 1. The molecular weight excluding hydrogens is 180 g/mol. The van der Waals surface area contributed by atoms with Gasteiger partial charge in [0, 0.05) is 20.1 Å². The summed E-state index contributed by atoms with van der Waals surface area (Å²) in [6, 6.07) is 5.68. The molecule has 1 aliphatic heterocycles. The molecule has 1 heterocycles. The number of ether oxygens (including phenoxy) is 1. The van der Waals surface area contributed by atoms with Gasteiger partial charge in [-0.05, 0) is 23.3 Å². The van der Waals surface area contributed by atoms with Crippen LogP contribution in [-0.4, -0.2) is 13.1 Å². The maximum atomic E-state index is 10.9. The molecule has 2 N–H and O–H groups in total. The summed E-state index contributed by atoms with van der Waals surface area (Å²) in [5.74, 6) is 0.590.